The van der Waals surface area contributed by atoms with Gasteiger partial charge in [0.05, 0.1) is 19.8 Å². The Hall–Kier alpha value is -0.120. The molecule has 3 nitrogen and oxygen atoms in total. The molecule has 0 aliphatic rings. The molecule has 86 valence electrons. The van der Waals surface area contributed by atoms with Crippen LogP contribution in [0.25, 0.3) is 0 Å². The summed E-state index contributed by atoms with van der Waals surface area (Å²) in [5, 5.41) is 3.48. The molecule has 0 aromatic carbocycles. The molecule has 0 saturated heterocycles. The predicted molar refractivity (Wildman–Crippen MR) is 59.7 cm³/mol. The highest BCUT2D eigenvalue weighted by Gasteiger charge is 2.05. The summed E-state index contributed by atoms with van der Waals surface area (Å²) in [6.45, 7) is 7.66. The second-order valence-corrected chi connectivity index (χ2v) is 3.51. The first-order valence-electron chi connectivity index (χ1n) is 5.65. The fourth-order valence-corrected chi connectivity index (χ4v) is 1.31. The van der Waals surface area contributed by atoms with Crippen molar-refractivity contribution in [3.63, 3.8) is 0 Å². The molecule has 0 aromatic heterocycles. The number of nitrogens with one attached hydrogen (secondary N) is 1. The van der Waals surface area contributed by atoms with Crippen LogP contribution in [0.5, 0.6) is 0 Å². The van der Waals surface area contributed by atoms with E-state index in [0.717, 1.165) is 13.2 Å². The number of hydrogen-bond donors (Lipinski definition) is 1. The Kier molecular flexibility index (Phi) is 10.9. The molecule has 1 atom stereocenters. The summed E-state index contributed by atoms with van der Waals surface area (Å²) in [5.74, 6) is 0. The van der Waals surface area contributed by atoms with Gasteiger partial charge >= 0.3 is 0 Å². The van der Waals surface area contributed by atoms with Crippen LogP contribution >= 0.6 is 0 Å². The smallest absolute Gasteiger partial charge is 0.0701 e. The summed E-state index contributed by atoms with van der Waals surface area (Å²) in [5.41, 5.74) is 0. The average Bonchev–Trinajstić information content (AvgIpc) is 2.20. The van der Waals surface area contributed by atoms with Crippen molar-refractivity contribution in [1.29, 1.82) is 0 Å². The van der Waals surface area contributed by atoms with E-state index in [9.17, 15) is 0 Å². The largest absolute Gasteiger partial charge is 0.382 e. The van der Waals surface area contributed by atoms with Crippen LogP contribution in [0.3, 0.4) is 0 Å². The van der Waals surface area contributed by atoms with E-state index < -0.39 is 0 Å². The Morgan fingerprint density at radius 1 is 1.14 bits per heavy atom. The maximum atomic E-state index is 5.50. The molecule has 1 N–H and O–H groups in total. The maximum absolute atomic E-state index is 5.50. The third-order valence-corrected chi connectivity index (χ3v) is 2.07. The molecule has 0 heterocycles. The van der Waals surface area contributed by atoms with Crippen molar-refractivity contribution in [3.8, 4) is 0 Å². The molecule has 0 radical (unpaired) electrons. The fraction of sp³-hybridized carbons (Fsp3) is 1.00. The molecule has 0 saturated carbocycles. The van der Waals surface area contributed by atoms with Crippen molar-refractivity contribution in [3.05, 3.63) is 0 Å². The Balaban J connectivity index is 3.40. The molecular weight excluding hydrogens is 178 g/mol. The van der Waals surface area contributed by atoms with Crippen LogP contribution in [0.4, 0.5) is 0 Å². The molecule has 3 heteroatoms. The highest BCUT2D eigenvalue weighted by Crippen LogP contribution is 1.97. The Labute approximate surface area is 88.2 Å². The van der Waals surface area contributed by atoms with Gasteiger partial charge in [0.1, 0.15) is 0 Å². The van der Waals surface area contributed by atoms with Gasteiger partial charge in [-0.15, -0.1) is 0 Å². The molecular formula is C11H25NO2. The van der Waals surface area contributed by atoms with E-state index in [4.69, 9.17) is 9.47 Å². The Bertz CT molecular complexity index is 109. The number of hydrogen-bond acceptors (Lipinski definition) is 3. The van der Waals surface area contributed by atoms with Crippen LogP contribution in [0, 0.1) is 0 Å². The molecule has 1 unspecified atom stereocenters. The van der Waals surface area contributed by atoms with Gasteiger partial charge in [0.25, 0.3) is 0 Å². The lowest BCUT2D eigenvalue weighted by Crippen LogP contribution is -2.34. The van der Waals surface area contributed by atoms with Crippen LogP contribution in [0.15, 0.2) is 0 Å². The quantitative estimate of drug-likeness (QED) is 0.549. The average molecular weight is 203 g/mol. The van der Waals surface area contributed by atoms with Crippen LogP contribution in [0.1, 0.15) is 33.1 Å². The molecule has 0 aliphatic carbocycles. The summed E-state index contributed by atoms with van der Waals surface area (Å²) in [6, 6.07) is 0.511. The maximum Gasteiger partial charge on any atom is 0.0701 e. The minimum atomic E-state index is 0.511. The van der Waals surface area contributed by atoms with Crippen molar-refractivity contribution in [2.45, 2.75) is 39.2 Å². The highest BCUT2D eigenvalue weighted by atomic mass is 16.5. The number of ether oxygens (including phenoxy) is 2. The van der Waals surface area contributed by atoms with Crippen molar-refractivity contribution in [2.75, 3.05) is 33.5 Å². The summed E-state index contributed by atoms with van der Waals surface area (Å²) >= 11 is 0. The monoisotopic (exact) mass is 203 g/mol. The van der Waals surface area contributed by atoms with Crippen LogP contribution in [0.2, 0.25) is 0 Å². The van der Waals surface area contributed by atoms with Gasteiger partial charge < -0.3 is 14.8 Å². The van der Waals surface area contributed by atoms with E-state index in [2.05, 4.69) is 19.2 Å². The van der Waals surface area contributed by atoms with Gasteiger partial charge in [0, 0.05) is 13.2 Å². The van der Waals surface area contributed by atoms with E-state index >= 15 is 0 Å². The van der Waals surface area contributed by atoms with Crippen LogP contribution < -0.4 is 5.32 Å². The van der Waals surface area contributed by atoms with E-state index in [1.165, 1.54) is 19.3 Å². The lowest BCUT2D eigenvalue weighted by Gasteiger charge is -2.17. The molecule has 0 aliphatic heterocycles. The third kappa shape index (κ3) is 8.48. The minimum Gasteiger partial charge on any atom is -0.382 e. The number of methoxy groups -OCH3 is 1. The van der Waals surface area contributed by atoms with Gasteiger partial charge in [-0.1, -0.05) is 20.3 Å². The zero-order valence-corrected chi connectivity index (χ0v) is 9.84. The first-order valence-corrected chi connectivity index (χ1v) is 5.65. The predicted octanol–water partition coefficient (Wildman–Crippen LogP) is 1.82. The van der Waals surface area contributed by atoms with Crippen molar-refractivity contribution in [2.24, 2.45) is 0 Å². The minimum absolute atomic E-state index is 0.511. The lowest BCUT2D eigenvalue weighted by atomic mass is 10.2. The van der Waals surface area contributed by atoms with Crippen molar-refractivity contribution < 1.29 is 9.47 Å². The summed E-state index contributed by atoms with van der Waals surface area (Å²) in [4.78, 5) is 0. The zero-order chi connectivity index (χ0) is 10.6. The molecule has 0 spiro atoms. The van der Waals surface area contributed by atoms with Gasteiger partial charge in [-0.2, -0.15) is 0 Å². The summed E-state index contributed by atoms with van der Waals surface area (Å²) < 4.78 is 10.4. The molecule has 0 amide bonds. The second kappa shape index (κ2) is 11.0. The normalized spacial score (nSPS) is 13.1. The van der Waals surface area contributed by atoms with Gasteiger partial charge in [0.2, 0.25) is 0 Å². The zero-order valence-electron chi connectivity index (χ0n) is 9.84. The highest BCUT2D eigenvalue weighted by molar-refractivity contribution is 4.64. The first kappa shape index (κ1) is 13.9. The van der Waals surface area contributed by atoms with E-state index in [1.54, 1.807) is 7.11 Å². The lowest BCUT2D eigenvalue weighted by molar-refractivity contribution is 0.0574. The van der Waals surface area contributed by atoms with E-state index in [1.807, 2.05) is 0 Å². The topological polar surface area (TPSA) is 30.5 Å². The van der Waals surface area contributed by atoms with Crippen molar-refractivity contribution >= 4 is 0 Å². The van der Waals surface area contributed by atoms with Gasteiger partial charge in [0.15, 0.2) is 0 Å². The van der Waals surface area contributed by atoms with Crippen LogP contribution in [-0.2, 0) is 9.47 Å². The van der Waals surface area contributed by atoms with E-state index in [0.29, 0.717) is 19.3 Å². The first-order chi connectivity index (χ1) is 6.85. The van der Waals surface area contributed by atoms with Crippen LogP contribution in [-0.4, -0.2) is 39.5 Å². The Morgan fingerprint density at radius 3 is 2.50 bits per heavy atom. The van der Waals surface area contributed by atoms with Gasteiger partial charge in [-0.25, -0.2) is 0 Å². The second-order valence-electron chi connectivity index (χ2n) is 3.51. The van der Waals surface area contributed by atoms with Gasteiger partial charge in [-0.3, -0.25) is 0 Å². The molecule has 0 bridgehead atoms. The molecule has 0 aromatic rings. The fourth-order valence-electron chi connectivity index (χ4n) is 1.31. The summed E-state index contributed by atoms with van der Waals surface area (Å²) in [7, 11) is 1.70. The van der Waals surface area contributed by atoms with E-state index in [-0.39, 0.29) is 0 Å². The third-order valence-electron chi connectivity index (χ3n) is 2.07. The molecule has 14 heavy (non-hydrogen) atoms. The number of rotatable bonds is 10. The standard InChI is InChI=1S/C11H25NO2/c1-4-6-11(12-7-5-2)10-14-9-8-13-3/h11-12H,4-10H2,1-3H3. The van der Waals surface area contributed by atoms with Gasteiger partial charge in [-0.05, 0) is 19.4 Å². The SMILES string of the molecule is CCCNC(CCC)COCCOC. The Morgan fingerprint density at radius 2 is 1.93 bits per heavy atom. The molecule has 0 rings (SSSR count). The summed E-state index contributed by atoms with van der Waals surface area (Å²) in [6.07, 6.45) is 3.57. The molecule has 0 fully saturated rings. The van der Waals surface area contributed by atoms with Crippen molar-refractivity contribution in [1.82, 2.24) is 5.32 Å².